The molecule has 0 radical (unpaired) electrons. The molecule has 0 saturated carbocycles. The summed E-state index contributed by atoms with van der Waals surface area (Å²) in [7, 11) is 0. The van der Waals surface area contributed by atoms with Gasteiger partial charge in [-0.1, -0.05) is 13.0 Å². The van der Waals surface area contributed by atoms with Crippen molar-refractivity contribution >= 4 is 23.1 Å². The van der Waals surface area contributed by atoms with E-state index in [0.717, 1.165) is 0 Å². The minimum absolute atomic E-state index is 0.415. The van der Waals surface area contributed by atoms with Crippen molar-refractivity contribution in [3.8, 4) is 6.07 Å². The molecule has 3 heteroatoms. The van der Waals surface area contributed by atoms with Crippen LogP contribution in [-0.4, -0.2) is 5.25 Å². The lowest BCUT2D eigenvalue weighted by Gasteiger charge is -2.02. The second kappa shape index (κ2) is 4.42. The Hall–Kier alpha value is -0.460. The maximum Gasteiger partial charge on any atom is 0.0633 e. The van der Waals surface area contributed by atoms with Crippen LogP contribution in [-0.2, 0) is 0 Å². The van der Waals surface area contributed by atoms with Crippen LogP contribution < -0.4 is 0 Å². The topological polar surface area (TPSA) is 23.8 Å². The fourth-order valence-corrected chi connectivity index (χ4v) is 2.74. The maximum absolute atomic E-state index is 8.41. The molecule has 1 aromatic rings. The summed E-state index contributed by atoms with van der Waals surface area (Å²) < 4.78 is 1.30. The molecule has 11 heavy (non-hydrogen) atoms. The first-order valence-corrected chi connectivity index (χ1v) is 5.16. The van der Waals surface area contributed by atoms with E-state index in [4.69, 9.17) is 5.26 Å². The third-order valence-corrected chi connectivity index (χ3v) is 3.37. The van der Waals surface area contributed by atoms with Gasteiger partial charge in [0.2, 0.25) is 0 Å². The van der Waals surface area contributed by atoms with E-state index in [2.05, 4.69) is 24.4 Å². The van der Waals surface area contributed by atoms with Crippen molar-refractivity contribution in [3.05, 3.63) is 17.5 Å². The Balaban J connectivity index is 2.38. The van der Waals surface area contributed by atoms with E-state index >= 15 is 0 Å². The van der Waals surface area contributed by atoms with Crippen molar-refractivity contribution in [2.24, 2.45) is 0 Å². The minimum Gasteiger partial charge on any atom is -0.198 e. The normalized spacial score (nSPS) is 12.4. The van der Waals surface area contributed by atoms with Gasteiger partial charge in [0.25, 0.3) is 0 Å². The van der Waals surface area contributed by atoms with Gasteiger partial charge in [0.1, 0.15) is 0 Å². The van der Waals surface area contributed by atoms with E-state index in [9.17, 15) is 0 Å². The number of nitrogens with zero attached hydrogens (tertiary/aromatic N) is 1. The molecule has 0 N–H and O–H groups in total. The summed E-state index contributed by atoms with van der Waals surface area (Å²) in [6.07, 6.45) is 0.628. The molecule has 0 amide bonds. The molecule has 1 atom stereocenters. The highest BCUT2D eigenvalue weighted by molar-refractivity contribution is 8.01. The van der Waals surface area contributed by atoms with E-state index < -0.39 is 0 Å². The standard InChI is InChI=1S/C8H9NS2/c1-7(4-5-9)11-8-3-2-6-10-8/h2-3,6-7H,4H2,1H3. The summed E-state index contributed by atoms with van der Waals surface area (Å²) in [5.74, 6) is 0. The summed E-state index contributed by atoms with van der Waals surface area (Å²) in [6, 6.07) is 6.28. The fraction of sp³-hybridized carbons (Fsp3) is 0.375. The van der Waals surface area contributed by atoms with Gasteiger partial charge in [-0.3, -0.25) is 0 Å². The van der Waals surface area contributed by atoms with Crippen molar-refractivity contribution in [1.29, 1.82) is 5.26 Å². The van der Waals surface area contributed by atoms with E-state index in [1.165, 1.54) is 4.21 Å². The number of thioether (sulfide) groups is 1. The van der Waals surface area contributed by atoms with Crippen LogP contribution in [0.4, 0.5) is 0 Å². The van der Waals surface area contributed by atoms with Crippen LogP contribution in [0.15, 0.2) is 21.7 Å². The summed E-state index contributed by atoms with van der Waals surface area (Å²) in [6.45, 7) is 2.08. The van der Waals surface area contributed by atoms with Gasteiger partial charge in [0.15, 0.2) is 0 Å². The number of nitriles is 1. The van der Waals surface area contributed by atoms with Crippen molar-refractivity contribution in [2.45, 2.75) is 22.8 Å². The van der Waals surface area contributed by atoms with Gasteiger partial charge in [-0.25, -0.2) is 0 Å². The van der Waals surface area contributed by atoms with Crippen LogP contribution in [0.3, 0.4) is 0 Å². The quantitative estimate of drug-likeness (QED) is 0.672. The maximum atomic E-state index is 8.41. The lowest BCUT2D eigenvalue weighted by Crippen LogP contribution is -1.91. The van der Waals surface area contributed by atoms with Crippen molar-refractivity contribution in [2.75, 3.05) is 0 Å². The highest BCUT2D eigenvalue weighted by Crippen LogP contribution is 2.28. The molecule has 1 heterocycles. The van der Waals surface area contributed by atoms with Gasteiger partial charge in [0, 0.05) is 11.7 Å². The first kappa shape index (κ1) is 8.63. The molecule has 0 fully saturated rings. The molecule has 0 aliphatic rings. The number of hydrogen-bond acceptors (Lipinski definition) is 3. The predicted octanol–water partition coefficient (Wildman–Crippen LogP) is 3.14. The first-order valence-electron chi connectivity index (χ1n) is 3.40. The largest absolute Gasteiger partial charge is 0.198 e. The Morgan fingerprint density at radius 1 is 1.82 bits per heavy atom. The fourth-order valence-electron chi connectivity index (χ4n) is 0.699. The number of hydrogen-bond donors (Lipinski definition) is 0. The zero-order chi connectivity index (χ0) is 8.10. The average molecular weight is 183 g/mol. The van der Waals surface area contributed by atoms with Crippen LogP contribution in [0.2, 0.25) is 0 Å². The summed E-state index contributed by atoms with van der Waals surface area (Å²) in [5, 5.41) is 10.9. The van der Waals surface area contributed by atoms with Gasteiger partial charge in [-0.2, -0.15) is 5.26 Å². The van der Waals surface area contributed by atoms with Crippen LogP contribution in [0.1, 0.15) is 13.3 Å². The Labute approximate surface area is 75.0 Å². The molecule has 1 nitrogen and oxygen atoms in total. The molecule has 0 saturated heterocycles. The second-order valence-electron chi connectivity index (χ2n) is 2.22. The van der Waals surface area contributed by atoms with Crippen molar-refractivity contribution in [3.63, 3.8) is 0 Å². The number of thiophene rings is 1. The third-order valence-electron chi connectivity index (χ3n) is 1.19. The summed E-state index contributed by atoms with van der Waals surface area (Å²) in [5.41, 5.74) is 0. The van der Waals surface area contributed by atoms with Gasteiger partial charge >= 0.3 is 0 Å². The van der Waals surface area contributed by atoms with Gasteiger partial charge in [0.05, 0.1) is 10.3 Å². The molecule has 0 aromatic carbocycles. The Kier molecular flexibility index (Phi) is 3.47. The molecular weight excluding hydrogens is 174 g/mol. The van der Waals surface area contributed by atoms with Gasteiger partial charge in [-0.05, 0) is 11.4 Å². The average Bonchev–Trinajstić information content (AvgIpc) is 2.40. The Bertz CT molecular complexity index is 235. The zero-order valence-electron chi connectivity index (χ0n) is 6.28. The third kappa shape index (κ3) is 2.96. The molecule has 0 aliphatic carbocycles. The van der Waals surface area contributed by atoms with E-state index in [1.807, 2.05) is 6.07 Å². The first-order chi connectivity index (χ1) is 5.33. The van der Waals surface area contributed by atoms with E-state index in [0.29, 0.717) is 11.7 Å². The van der Waals surface area contributed by atoms with E-state index in [1.54, 1.807) is 23.1 Å². The molecule has 0 bridgehead atoms. The molecular formula is C8H9NS2. The zero-order valence-corrected chi connectivity index (χ0v) is 7.91. The number of rotatable bonds is 3. The Morgan fingerprint density at radius 2 is 2.64 bits per heavy atom. The molecule has 1 rings (SSSR count). The highest BCUT2D eigenvalue weighted by Gasteiger charge is 2.03. The van der Waals surface area contributed by atoms with Crippen molar-refractivity contribution < 1.29 is 0 Å². The molecule has 1 aromatic heterocycles. The monoisotopic (exact) mass is 183 g/mol. The highest BCUT2D eigenvalue weighted by atomic mass is 32.2. The van der Waals surface area contributed by atoms with Gasteiger partial charge in [-0.15, -0.1) is 23.1 Å². The SMILES string of the molecule is CC(CC#N)Sc1cccs1. The lowest BCUT2D eigenvalue weighted by atomic mass is 10.4. The van der Waals surface area contributed by atoms with Crippen LogP contribution >= 0.6 is 23.1 Å². The smallest absolute Gasteiger partial charge is 0.0633 e. The van der Waals surface area contributed by atoms with Crippen LogP contribution in [0, 0.1) is 11.3 Å². The summed E-state index contributed by atoms with van der Waals surface area (Å²) in [4.78, 5) is 0. The van der Waals surface area contributed by atoms with Crippen LogP contribution in [0.5, 0.6) is 0 Å². The molecule has 0 aliphatic heterocycles. The van der Waals surface area contributed by atoms with Gasteiger partial charge < -0.3 is 0 Å². The minimum atomic E-state index is 0.415. The summed E-state index contributed by atoms with van der Waals surface area (Å²) >= 11 is 3.50. The Morgan fingerprint density at radius 3 is 3.18 bits per heavy atom. The molecule has 58 valence electrons. The second-order valence-corrected chi connectivity index (χ2v) is 4.91. The molecule has 1 unspecified atom stereocenters. The lowest BCUT2D eigenvalue weighted by molar-refractivity contribution is 0.992. The van der Waals surface area contributed by atoms with E-state index in [-0.39, 0.29) is 0 Å². The predicted molar refractivity (Wildman–Crippen MR) is 49.9 cm³/mol. The van der Waals surface area contributed by atoms with Crippen molar-refractivity contribution in [1.82, 2.24) is 0 Å². The molecule has 0 spiro atoms. The van der Waals surface area contributed by atoms with Crippen LogP contribution in [0.25, 0.3) is 0 Å².